The Labute approximate surface area is 127 Å². The summed E-state index contributed by atoms with van der Waals surface area (Å²) in [5.41, 5.74) is 3.41. The summed E-state index contributed by atoms with van der Waals surface area (Å²) in [6.07, 6.45) is 1.13. The number of benzene rings is 1. The van der Waals surface area contributed by atoms with Crippen LogP contribution in [0.4, 0.5) is 11.5 Å². The third kappa shape index (κ3) is 4.02. The zero-order chi connectivity index (χ0) is 15.1. The number of nitrogens with one attached hydrogen (secondary N) is 1. The minimum Gasteiger partial charge on any atom is -0.325 e. The van der Waals surface area contributed by atoms with E-state index in [0.29, 0.717) is 0 Å². The summed E-state index contributed by atoms with van der Waals surface area (Å²) in [4.78, 5) is 2.19. The lowest BCUT2D eigenvalue weighted by molar-refractivity contribution is 0.656. The highest BCUT2D eigenvalue weighted by Crippen LogP contribution is 2.25. The second-order valence-electron chi connectivity index (χ2n) is 5.09. The molecule has 2 aromatic rings. The fraction of sp³-hybridized carbons (Fsp3) is 0.412. The normalized spacial score (nSPS) is 10.6. The van der Waals surface area contributed by atoms with Crippen molar-refractivity contribution in [1.82, 2.24) is 15.5 Å². The number of hydrogen-bond donors (Lipinski definition) is 1. The van der Waals surface area contributed by atoms with Gasteiger partial charge in [0.1, 0.15) is 0 Å². The van der Waals surface area contributed by atoms with E-state index in [9.17, 15) is 0 Å². The molecular formula is C17H24N4. The van der Waals surface area contributed by atoms with Crippen LogP contribution >= 0.6 is 0 Å². The maximum Gasteiger partial charge on any atom is 0.155 e. The molecule has 0 bridgehead atoms. The predicted octanol–water partition coefficient (Wildman–Crippen LogP) is 3.44. The molecule has 4 heteroatoms. The summed E-state index contributed by atoms with van der Waals surface area (Å²) < 4.78 is 0. The lowest BCUT2D eigenvalue weighted by atomic mass is 10.2. The van der Waals surface area contributed by atoms with Crippen molar-refractivity contribution < 1.29 is 0 Å². The van der Waals surface area contributed by atoms with Crippen LogP contribution in [0, 0.1) is 6.92 Å². The monoisotopic (exact) mass is 284 g/mol. The van der Waals surface area contributed by atoms with Crippen molar-refractivity contribution in [1.29, 1.82) is 0 Å². The third-order valence-corrected chi connectivity index (χ3v) is 3.44. The Hall–Kier alpha value is -1.94. The molecule has 1 N–H and O–H groups in total. The van der Waals surface area contributed by atoms with Crippen molar-refractivity contribution in [3.05, 3.63) is 47.7 Å². The van der Waals surface area contributed by atoms with E-state index in [2.05, 4.69) is 65.5 Å². The highest BCUT2D eigenvalue weighted by Gasteiger charge is 2.11. The van der Waals surface area contributed by atoms with Crippen molar-refractivity contribution in [3.8, 4) is 0 Å². The highest BCUT2D eigenvalue weighted by molar-refractivity contribution is 5.63. The molecule has 0 saturated carbocycles. The lowest BCUT2D eigenvalue weighted by Crippen LogP contribution is -2.20. The Balaban J connectivity index is 2.14. The van der Waals surface area contributed by atoms with Gasteiger partial charge in [0.15, 0.2) is 5.82 Å². The van der Waals surface area contributed by atoms with E-state index in [4.69, 9.17) is 0 Å². The van der Waals surface area contributed by atoms with Crippen molar-refractivity contribution in [2.45, 2.75) is 33.7 Å². The largest absolute Gasteiger partial charge is 0.325 e. The van der Waals surface area contributed by atoms with Crippen LogP contribution in [0.1, 0.15) is 31.5 Å². The van der Waals surface area contributed by atoms with E-state index in [1.807, 2.05) is 12.1 Å². The fourth-order valence-electron chi connectivity index (χ4n) is 2.31. The van der Waals surface area contributed by atoms with Crippen LogP contribution in [-0.2, 0) is 6.54 Å². The quantitative estimate of drug-likeness (QED) is 0.791. The highest BCUT2D eigenvalue weighted by atomic mass is 15.3. The Kier molecular flexibility index (Phi) is 5.69. The van der Waals surface area contributed by atoms with Gasteiger partial charge in [0, 0.05) is 18.8 Å². The second kappa shape index (κ2) is 7.74. The van der Waals surface area contributed by atoms with Crippen LogP contribution in [-0.4, -0.2) is 23.3 Å². The van der Waals surface area contributed by atoms with Crippen LogP contribution in [0.25, 0.3) is 0 Å². The average molecular weight is 284 g/mol. The van der Waals surface area contributed by atoms with Gasteiger partial charge in [-0.25, -0.2) is 0 Å². The smallest absolute Gasteiger partial charge is 0.155 e. The summed E-state index contributed by atoms with van der Waals surface area (Å²) in [5.74, 6) is 0.894. The number of rotatable bonds is 7. The van der Waals surface area contributed by atoms with Crippen molar-refractivity contribution in [2.75, 3.05) is 18.0 Å². The third-order valence-electron chi connectivity index (χ3n) is 3.44. The van der Waals surface area contributed by atoms with E-state index >= 15 is 0 Å². The predicted molar refractivity (Wildman–Crippen MR) is 87.9 cm³/mol. The maximum absolute atomic E-state index is 4.38. The number of aromatic nitrogens is 2. The van der Waals surface area contributed by atoms with Gasteiger partial charge in [-0.3, -0.25) is 0 Å². The van der Waals surface area contributed by atoms with E-state index in [0.717, 1.165) is 37.6 Å². The molecule has 112 valence electrons. The van der Waals surface area contributed by atoms with E-state index in [1.165, 1.54) is 11.3 Å². The Morgan fingerprint density at radius 2 is 1.86 bits per heavy atom. The molecule has 0 aliphatic rings. The van der Waals surface area contributed by atoms with Gasteiger partial charge in [-0.05, 0) is 50.6 Å². The minimum absolute atomic E-state index is 0.775. The molecule has 0 spiro atoms. The van der Waals surface area contributed by atoms with Gasteiger partial charge < -0.3 is 10.2 Å². The first kappa shape index (κ1) is 15.4. The molecule has 1 aromatic carbocycles. The zero-order valence-electron chi connectivity index (χ0n) is 13.1. The maximum atomic E-state index is 4.38. The molecule has 1 aromatic heterocycles. The van der Waals surface area contributed by atoms with Gasteiger partial charge in [0.05, 0.1) is 5.69 Å². The molecule has 4 nitrogen and oxygen atoms in total. The van der Waals surface area contributed by atoms with Crippen molar-refractivity contribution in [2.24, 2.45) is 0 Å². The number of aryl methyl sites for hydroxylation is 1. The summed E-state index contributed by atoms with van der Waals surface area (Å²) in [7, 11) is 0. The SMILES string of the molecule is CCCNCc1ccc(N(CC)c2ccccc2C)nn1. The Bertz CT molecular complexity index is 551. The summed E-state index contributed by atoms with van der Waals surface area (Å²) in [6, 6.07) is 12.5. The molecule has 0 fully saturated rings. The van der Waals surface area contributed by atoms with Crippen LogP contribution in [0.3, 0.4) is 0 Å². The van der Waals surface area contributed by atoms with Gasteiger partial charge in [-0.1, -0.05) is 25.1 Å². The fourth-order valence-corrected chi connectivity index (χ4v) is 2.31. The lowest BCUT2D eigenvalue weighted by Gasteiger charge is -2.23. The summed E-state index contributed by atoms with van der Waals surface area (Å²) in [5, 5.41) is 12.0. The van der Waals surface area contributed by atoms with Crippen LogP contribution in [0.5, 0.6) is 0 Å². The van der Waals surface area contributed by atoms with Crippen molar-refractivity contribution in [3.63, 3.8) is 0 Å². The molecule has 0 atom stereocenters. The first-order valence-corrected chi connectivity index (χ1v) is 7.62. The molecule has 0 radical (unpaired) electrons. The first-order valence-electron chi connectivity index (χ1n) is 7.62. The van der Waals surface area contributed by atoms with Crippen LogP contribution < -0.4 is 10.2 Å². The van der Waals surface area contributed by atoms with E-state index in [1.54, 1.807) is 0 Å². The molecule has 0 unspecified atom stereocenters. The van der Waals surface area contributed by atoms with Gasteiger partial charge in [-0.15, -0.1) is 5.10 Å². The van der Waals surface area contributed by atoms with Gasteiger partial charge >= 0.3 is 0 Å². The second-order valence-corrected chi connectivity index (χ2v) is 5.09. The van der Waals surface area contributed by atoms with E-state index in [-0.39, 0.29) is 0 Å². The Morgan fingerprint density at radius 1 is 1.05 bits per heavy atom. The molecule has 1 heterocycles. The number of hydrogen-bond acceptors (Lipinski definition) is 4. The zero-order valence-corrected chi connectivity index (χ0v) is 13.1. The van der Waals surface area contributed by atoms with Crippen LogP contribution in [0.15, 0.2) is 36.4 Å². The Morgan fingerprint density at radius 3 is 2.48 bits per heavy atom. The number of nitrogens with zero attached hydrogens (tertiary/aromatic N) is 3. The standard InChI is InChI=1S/C17H24N4/c1-4-12-18-13-15-10-11-17(20-19-15)21(5-2)16-9-7-6-8-14(16)3/h6-11,18H,4-5,12-13H2,1-3H3. The average Bonchev–Trinajstić information content (AvgIpc) is 2.51. The van der Waals surface area contributed by atoms with Crippen LogP contribution in [0.2, 0.25) is 0 Å². The molecular weight excluding hydrogens is 260 g/mol. The van der Waals surface area contributed by atoms with Crippen molar-refractivity contribution >= 4 is 11.5 Å². The molecule has 0 aliphatic heterocycles. The molecule has 0 saturated heterocycles. The number of anilines is 2. The van der Waals surface area contributed by atoms with Gasteiger partial charge in [-0.2, -0.15) is 5.10 Å². The molecule has 2 rings (SSSR count). The number of para-hydroxylation sites is 1. The van der Waals surface area contributed by atoms with Gasteiger partial charge in [0.2, 0.25) is 0 Å². The topological polar surface area (TPSA) is 41.0 Å². The molecule has 21 heavy (non-hydrogen) atoms. The minimum atomic E-state index is 0.775. The first-order chi connectivity index (χ1) is 10.3. The molecule has 0 amide bonds. The molecule has 0 aliphatic carbocycles. The summed E-state index contributed by atoms with van der Waals surface area (Å²) in [6.45, 7) is 9.06. The summed E-state index contributed by atoms with van der Waals surface area (Å²) >= 11 is 0. The van der Waals surface area contributed by atoms with Gasteiger partial charge in [0.25, 0.3) is 0 Å². The van der Waals surface area contributed by atoms with E-state index < -0.39 is 0 Å².